The van der Waals surface area contributed by atoms with Crippen molar-refractivity contribution in [2.24, 2.45) is 0 Å². The molecule has 1 saturated carbocycles. The molecule has 1 fully saturated rings. The summed E-state index contributed by atoms with van der Waals surface area (Å²) in [6, 6.07) is 15.7. The van der Waals surface area contributed by atoms with E-state index in [9.17, 15) is 14.4 Å². The normalized spacial score (nSPS) is 14.0. The van der Waals surface area contributed by atoms with Gasteiger partial charge in [-0.05, 0) is 42.7 Å². The summed E-state index contributed by atoms with van der Waals surface area (Å²) in [6.07, 6.45) is 5.51. The Morgan fingerprint density at radius 3 is 2.23 bits per heavy atom. The summed E-state index contributed by atoms with van der Waals surface area (Å²) in [7, 11) is 0. The summed E-state index contributed by atoms with van der Waals surface area (Å²) < 4.78 is 0. The van der Waals surface area contributed by atoms with Crippen molar-refractivity contribution in [1.82, 2.24) is 10.8 Å². The van der Waals surface area contributed by atoms with Crippen LogP contribution in [0.25, 0.3) is 0 Å². The highest BCUT2D eigenvalue weighted by molar-refractivity contribution is 6.00. The first-order valence-corrected chi connectivity index (χ1v) is 10.2. The monoisotopic (exact) mass is 409 g/mol. The number of hydroxylamine groups is 1. The Hall–Kier alpha value is -3.19. The Morgan fingerprint density at radius 2 is 1.60 bits per heavy atom. The largest absolute Gasteiger partial charge is 0.352 e. The van der Waals surface area contributed by atoms with Crippen LogP contribution in [-0.4, -0.2) is 35.5 Å². The molecule has 0 heterocycles. The fourth-order valence-electron chi connectivity index (χ4n) is 3.70. The molecule has 1 aliphatic carbocycles. The highest BCUT2D eigenvalue weighted by Gasteiger charge is 2.22. The Kier molecular flexibility index (Phi) is 7.57. The van der Waals surface area contributed by atoms with Crippen LogP contribution in [0.5, 0.6) is 0 Å². The van der Waals surface area contributed by atoms with E-state index in [-0.39, 0.29) is 30.8 Å². The second kappa shape index (κ2) is 10.5. The van der Waals surface area contributed by atoms with Crippen molar-refractivity contribution in [1.29, 1.82) is 0 Å². The average molecular weight is 409 g/mol. The third-order valence-electron chi connectivity index (χ3n) is 5.31. The van der Waals surface area contributed by atoms with Crippen LogP contribution in [-0.2, 0) is 16.0 Å². The molecular formula is C23H27N3O4. The second-order valence-corrected chi connectivity index (χ2v) is 7.53. The van der Waals surface area contributed by atoms with Crippen LogP contribution < -0.4 is 15.7 Å². The molecule has 0 unspecified atom stereocenters. The van der Waals surface area contributed by atoms with E-state index in [1.807, 2.05) is 18.2 Å². The molecule has 3 amide bonds. The van der Waals surface area contributed by atoms with E-state index in [4.69, 9.17) is 5.21 Å². The number of anilines is 1. The van der Waals surface area contributed by atoms with Crippen LogP contribution in [0.2, 0.25) is 0 Å². The van der Waals surface area contributed by atoms with E-state index in [2.05, 4.69) is 5.32 Å². The molecule has 0 aliphatic heterocycles. The van der Waals surface area contributed by atoms with Crippen molar-refractivity contribution in [3.63, 3.8) is 0 Å². The maximum Gasteiger partial charge on any atom is 0.274 e. The van der Waals surface area contributed by atoms with Gasteiger partial charge >= 0.3 is 0 Å². The lowest BCUT2D eigenvalue weighted by molar-refractivity contribution is -0.124. The minimum Gasteiger partial charge on any atom is -0.352 e. The molecule has 30 heavy (non-hydrogen) atoms. The fourth-order valence-corrected chi connectivity index (χ4v) is 3.70. The molecule has 7 heteroatoms. The predicted octanol–water partition coefficient (Wildman–Crippen LogP) is 2.83. The Balaban J connectivity index is 1.69. The van der Waals surface area contributed by atoms with Crippen molar-refractivity contribution in [2.45, 2.75) is 44.6 Å². The van der Waals surface area contributed by atoms with Gasteiger partial charge in [-0.15, -0.1) is 0 Å². The minimum atomic E-state index is -0.613. The predicted molar refractivity (Wildman–Crippen MR) is 113 cm³/mol. The zero-order valence-electron chi connectivity index (χ0n) is 16.8. The highest BCUT2D eigenvalue weighted by Crippen LogP contribution is 2.19. The van der Waals surface area contributed by atoms with Gasteiger partial charge in [0.2, 0.25) is 11.8 Å². The fraction of sp³-hybridized carbons (Fsp3) is 0.348. The number of carbonyl (C=O) groups excluding carboxylic acids is 3. The first-order valence-electron chi connectivity index (χ1n) is 10.2. The molecule has 0 saturated heterocycles. The third-order valence-corrected chi connectivity index (χ3v) is 5.31. The first-order chi connectivity index (χ1) is 14.6. The second-order valence-electron chi connectivity index (χ2n) is 7.53. The molecular weight excluding hydrogens is 382 g/mol. The van der Waals surface area contributed by atoms with Crippen LogP contribution in [0.1, 0.15) is 48.0 Å². The first kappa shape index (κ1) is 21.5. The molecule has 0 aromatic heterocycles. The molecule has 7 nitrogen and oxygen atoms in total. The number of hydrogen-bond donors (Lipinski definition) is 3. The van der Waals surface area contributed by atoms with Crippen LogP contribution in [0.4, 0.5) is 5.69 Å². The molecule has 0 atom stereocenters. The number of para-hydroxylation sites is 1. The number of nitrogens with zero attached hydrogens (tertiary/aromatic N) is 1. The van der Waals surface area contributed by atoms with Crippen LogP contribution in [0, 0.1) is 0 Å². The molecule has 0 spiro atoms. The number of benzene rings is 2. The molecule has 0 radical (unpaired) electrons. The highest BCUT2D eigenvalue weighted by atomic mass is 16.5. The minimum absolute atomic E-state index is 0.0374. The summed E-state index contributed by atoms with van der Waals surface area (Å²) in [4.78, 5) is 38.6. The SMILES string of the molecule is O=C(CN(C(=O)Cc1ccc(C(=O)NO)cc1)c1ccccc1)NC1CCCCC1. The number of nitrogens with one attached hydrogen (secondary N) is 2. The Bertz CT molecular complexity index is 862. The Morgan fingerprint density at radius 1 is 0.933 bits per heavy atom. The van der Waals surface area contributed by atoms with E-state index in [1.54, 1.807) is 29.7 Å². The van der Waals surface area contributed by atoms with E-state index >= 15 is 0 Å². The van der Waals surface area contributed by atoms with E-state index in [0.717, 1.165) is 25.7 Å². The maximum atomic E-state index is 13.0. The molecule has 2 aromatic carbocycles. The van der Waals surface area contributed by atoms with Gasteiger partial charge in [0.15, 0.2) is 0 Å². The molecule has 3 rings (SSSR count). The summed E-state index contributed by atoms with van der Waals surface area (Å²) in [5, 5.41) is 11.8. The Labute approximate surface area is 176 Å². The summed E-state index contributed by atoms with van der Waals surface area (Å²) in [6.45, 7) is -0.0374. The molecule has 0 bridgehead atoms. The molecule has 3 N–H and O–H groups in total. The van der Waals surface area contributed by atoms with Crippen molar-refractivity contribution in [3.05, 3.63) is 65.7 Å². The number of amides is 3. The quantitative estimate of drug-likeness (QED) is 0.484. The van der Waals surface area contributed by atoms with Gasteiger partial charge in [-0.2, -0.15) is 0 Å². The van der Waals surface area contributed by atoms with Gasteiger partial charge in [0.05, 0.1) is 6.42 Å². The van der Waals surface area contributed by atoms with Crippen molar-refractivity contribution in [2.75, 3.05) is 11.4 Å². The zero-order valence-corrected chi connectivity index (χ0v) is 16.8. The van der Waals surface area contributed by atoms with Gasteiger partial charge in [0.1, 0.15) is 6.54 Å². The standard InChI is InChI=1S/C23H27N3O4/c27-21(24-19-7-3-1-4-8-19)16-26(20-9-5-2-6-10-20)22(28)15-17-11-13-18(14-12-17)23(29)25-30/h2,5-6,9-14,19,30H,1,3-4,7-8,15-16H2,(H,24,27)(H,25,29). The van der Waals surface area contributed by atoms with Gasteiger partial charge in [-0.1, -0.05) is 49.6 Å². The molecule has 158 valence electrons. The maximum absolute atomic E-state index is 13.0. The van der Waals surface area contributed by atoms with Crippen LogP contribution >= 0.6 is 0 Å². The smallest absolute Gasteiger partial charge is 0.274 e. The number of rotatable bonds is 7. The molecule has 2 aromatic rings. The summed E-state index contributed by atoms with van der Waals surface area (Å²) in [5.74, 6) is -0.980. The van der Waals surface area contributed by atoms with E-state index in [0.29, 0.717) is 16.8 Å². The topological polar surface area (TPSA) is 98.7 Å². The lowest BCUT2D eigenvalue weighted by atomic mass is 9.95. The van der Waals surface area contributed by atoms with Gasteiger partial charge in [0, 0.05) is 17.3 Å². The van der Waals surface area contributed by atoms with Gasteiger partial charge in [-0.3, -0.25) is 19.6 Å². The van der Waals surface area contributed by atoms with Gasteiger partial charge < -0.3 is 10.2 Å². The molecule has 1 aliphatic rings. The van der Waals surface area contributed by atoms with Crippen molar-refractivity contribution >= 4 is 23.4 Å². The lowest BCUT2D eigenvalue weighted by Gasteiger charge is -2.26. The van der Waals surface area contributed by atoms with Gasteiger partial charge in [-0.25, -0.2) is 5.48 Å². The average Bonchev–Trinajstić information content (AvgIpc) is 2.78. The van der Waals surface area contributed by atoms with E-state index < -0.39 is 5.91 Å². The lowest BCUT2D eigenvalue weighted by Crippen LogP contribution is -2.45. The van der Waals surface area contributed by atoms with Crippen molar-refractivity contribution in [3.8, 4) is 0 Å². The number of hydrogen-bond acceptors (Lipinski definition) is 4. The summed E-state index contributed by atoms with van der Waals surface area (Å²) >= 11 is 0. The van der Waals surface area contributed by atoms with Crippen LogP contribution in [0.15, 0.2) is 54.6 Å². The zero-order chi connectivity index (χ0) is 21.3. The van der Waals surface area contributed by atoms with E-state index in [1.165, 1.54) is 23.5 Å². The van der Waals surface area contributed by atoms with Crippen molar-refractivity contribution < 1.29 is 19.6 Å². The number of carbonyl (C=O) groups is 3. The van der Waals surface area contributed by atoms with Crippen LogP contribution in [0.3, 0.4) is 0 Å². The third kappa shape index (κ3) is 5.90. The summed E-state index contributed by atoms with van der Waals surface area (Å²) in [5.41, 5.74) is 3.25. The van der Waals surface area contributed by atoms with Gasteiger partial charge in [0.25, 0.3) is 5.91 Å².